The lowest BCUT2D eigenvalue weighted by molar-refractivity contribution is 0.188. The minimum Gasteiger partial charge on any atom is -0.383 e. The molecule has 0 unspecified atom stereocenters. The number of nitrogen functional groups attached to an aromatic ring is 1. The largest absolute Gasteiger partial charge is 0.383 e. The Morgan fingerprint density at radius 2 is 2.21 bits per heavy atom. The van der Waals surface area contributed by atoms with Crippen LogP contribution in [0.5, 0.6) is 0 Å². The molecule has 0 bridgehead atoms. The number of hydrogen-bond donors (Lipinski definition) is 2. The molecule has 0 amide bonds. The Morgan fingerprint density at radius 1 is 1.37 bits per heavy atom. The lowest BCUT2D eigenvalue weighted by atomic mass is 10.3. The number of ether oxygens (including phenoxy) is 1. The summed E-state index contributed by atoms with van der Waals surface area (Å²) in [7, 11) is 1.69. The molecule has 6 heteroatoms. The van der Waals surface area contributed by atoms with E-state index in [1.807, 2.05) is 24.3 Å². The van der Waals surface area contributed by atoms with E-state index >= 15 is 0 Å². The van der Waals surface area contributed by atoms with Gasteiger partial charge in [0.05, 0.1) is 17.6 Å². The van der Waals surface area contributed by atoms with Crippen LogP contribution < -0.4 is 5.73 Å². The Morgan fingerprint density at radius 3 is 2.95 bits per heavy atom. The highest BCUT2D eigenvalue weighted by molar-refractivity contribution is 5.80. The summed E-state index contributed by atoms with van der Waals surface area (Å²) in [5.74, 6) is 1.28. The van der Waals surface area contributed by atoms with Crippen molar-refractivity contribution in [3.05, 3.63) is 30.3 Å². The summed E-state index contributed by atoms with van der Waals surface area (Å²) in [5, 5.41) is 6.85. The summed E-state index contributed by atoms with van der Waals surface area (Å²) < 4.78 is 7.26. The van der Waals surface area contributed by atoms with Crippen molar-refractivity contribution in [3.8, 4) is 11.5 Å². The van der Waals surface area contributed by atoms with E-state index in [1.165, 1.54) is 0 Å². The van der Waals surface area contributed by atoms with E-state index < -0.39 is 0 Å². The molecule has 0 fully saturated rings. The third kappa shape index (κ3) is 2.06. The molecule has 0 aliphatic heterocycles. The molecule has 98 valence electrons. The zero-order valence-corrected chi connectivity index (χ0v) is 10.6. The van der Waals surface area contributed by atoms with E-state index in [0.717, 1.165) is 29.1 Å². The molecule has 0 saturated heterocycles. The molecule has 0 radical (unpaired) electrons. The number of nitrogens with zero attached hydrogens (tertiary/aromatic N) is 3. The highest BCUT2D eigenvalue weighted by Gasteiger charge is 2.13. The fourth-order valence-corrected chi connectivity index (χ4v) is 2.14. The van der Waals surface area contributed by atoms with Crippen LogP contribution in [0.25, 0.3) is 22.6 Å². The minimum absolute atomic E-state index is 0.459. The van der Waals surface area contributed by atoms with Gasteiger partial charge in [0.25, 0.3) is 0 Å². The molecule has 3 rings (SSSR count). The van der Waals surface area contributed by atoms with Gasteiger partial charge in [0.1, 0.15) is 11.5 Å². The maximum atomic E-state index is 5.66. The molecule has 3 N–H and O–H groups in total. The molecule has 0 atom stereocenters. The Bertz CT molecular complexity index is 700. The van der Waals surface area contributed by atoms with Gasteiger partial charge in [0.15, 0.2) is 5.82 Å². The lowest BCUT2D eigenvalue weighted by Crippen LogP contribution is -2.06. The number of hydrogen-bond acceptors (Lipinski definition) is 4. The fourth-order valence-electron chi connectivity index (χ4n) is 2.14. The molecule has 1 aromatic carbocycles. The van der Waals surface area contributed by atoms with Gasteiger partial charge in [-0.25, -0.2) is 4.98 Å². The summed E-state index contributed by atoms with van der Waals surface area (Å²) in [6.45, 7) is 1.35. The van der Waals surface area contributed by atoms with Gasteiger partial charge in [-0.15, -0.1) is 0 Å². The van der Waals surface area contributed by atoms with Crippen LogP contribution in [0.2, 0.25) is 0 Å². The number of rotatable bonds is 4. The van der Waals surface area contributed by atoms with E-state index in [9.17, 15) is 0 Å². The molecule has 3 aromatic rings. The van der Waals surface area contributed by atoms with Crippen LogP contribution in [0, 0.1) is 0 Å². The zero-order chi connectivity index (χ0) is 13.2. The number of methoxy groups -OCH3 is 1. The summed E-state index contributed by atoms with van der Waals surface area (Å²) in [6.07, 6.45) is 0. The van der Waals surface area contributed by atoms with E-state index in [1.54, 1.807) is 13.2 Å². The summed E-state index contributed by atoms with van der Waals surface area (Å²) >= 11 is 0. The standard InChI is InChI=1S/C13H15N5O/c1-19-7-6-18-11-5-3-2-4-9(11)15-13(18)10-8-12(14)17-16-10/h2-5,8H,6-7H2,1H3,(H3,14,16,17). The van der Waals surface area contributed by atoms with E-state index in [-0.39, 0.29) is 0 Å². The first-order valence-corrected chi connectivity index (χ1v) is 6.05. The topological polar surface area (TPSA) is 81.8 Å². The molecular weight excluding hydrogens is 242 g/mol. The van der Waals surface area contributed by atoms with Crippen LogP contribution in [0.3, 0.4) is 0 Å². The van der Waals surface area contributed by atoms with Crippen LogP contribution >= 0.6 is 0 Å². The van der Waals surface area contributed by atoms with Crippen LogP contribution in [0.1, 0.15) is 0 Å². The summed E-state index contributed by atoms with van der Waals surface area (Å²) in [4.78, 5) is 4.63. The van der Waals surface area contributed by atoms with Gasteiger partial charge < -0.3 is 15.0 Å². The molecule has 19 heavy (non-hydrogen) atoms. The molecule has 2 heterocycles. The van der Waals surface area contributed by atoms with Crippen molar-refractivity contribution in [2.24, 2.45) is 0 Å². The third-order valence-corrected chi connectivity index (χ3v) is 3.01. The minimum atomic E-state index is 0.459. The number of fused-ring (bicyclic) bond motifs is 1. The quantitative estimate of drug-likeness (QED) is 0.744. The number of imidazole rings is 1. The Hall–Kier alpha value is -2.34. The number of anilines is 1. The number of nitrogens with one attached hydrogen (secondary N) is 1. The Balaban J connectivity index is 2.16. The van der Waals surface area contributed by atoms with Crippen molar-refractivity contribution in [2.75, 3.05) is 19.5 Å². The Kier molecular flexibility index (Phi) is 2.92. The van der Waals surface area contributed by atoms with Crippen molar-refractivity contribution in [3.63, 3.8) is 0 Å². The number of H-pyrrole nitrogens is 1. The molecule has 0 spiro atoms. The monoisotopic (exact) mass is 257 g/mol. The molecule has 2 aromatic heterocycles. The zero-order valence-electron chi connectivity index (χ0n) is 10.6. The van der Waals surface area contributed by atoms with E-state index in [4.69, 9.17) is 10.5 Å². The normalized spacial score (nSPS) is 11.2. The van der Waals surface area contributed by atoms with Crippen LogP contribution in [-0.4, -0.2) is 33.5 Å². The van der Waals surface area contributed by atoms with Crippen molar-refractivity contribution in [2.45, 2.75) is 6.54 Å². The van der Waals surface area contributed by atoms with Crippen molar-refractivity contribution >= 4 is 16.9 Å². The average Bonchev–Trinajstić information content (AvgIpc) is 3.00. The summed E-state index contributed by atoms with van der Waals surface area (Å²) in [5.41, 5.74) is 8.48. The first-order chi connectivity index (χ1) is 9.29. The van der Waals surface area contributed by atoms with Gasteiger partial charge in [-0.1, -0.05) is 12.1 Å². The number of para-hydroxylation sites is 2. The predicted octanol–water partition coefficient (Wildman–Crippen LogP) is 1.65. The van der Waals surface area contributed by atoms with Crippen LogP contribution in [0.15, 0.2) is 30.3 Å². The predicted molar refractivity (Wildman–Crippen MR) is 73.6 cm³/mol. The first kappa shape index (κ1) is 11.7. The number of benzene rings is 1. The third-order valence-electron chi connectivity index (χ3n) is 3.01. The summed E-state index contributed by atoms with van der Waals surface area (Å²) in [6, 6.07) is 9.78. The maximum absolute atomic E-state index is 5.66. The second-order valence-corrected chi connectivity index (χ2v) is 4.28. The van der Waals surface area contributed by atoms with Gasteiger partial charge >= 0.3 is 0 Å². The molecule has 0 aliphatic rings. The van der Waals surface area contributed by atoms with Gasteiger partial charge in [0.2, 0.25) is 0 Å². The van der Waals surface area contributed by atoms with Crippen molar-refractivity contribution < 1.29 is 4.74 Å². The maximum Gasteiger partial charge on any atom is 0.159 e. The van der Waals surface area contributed by atoms with Crippen molar-refractivity contribution in [1.29, 1.82) is 0 Å². The van der Waals surface area contributed by atoms with Gasteiger partial charge in [-0.2, -0.15) is 5.10 Å². The Labute approximate surface area is 110 Å². The highest BCUT2D eigenvalue weighted by atomic mass is 16.5. The number of aromatic amines is 1. The van der Waals surface area contributed by atoms with E-state index in [0.29, 0.717) is 12.4 Å². The van der Waals surface area contributed by atoms with Gasteiger partial charge in [-0.05, 0) is 12.1 Å². The average molecular weight is 257 g/mol. The van der Waals surface area contributed by atoms with Gasteiger partial charge in [0, 0.05) is 19.7 Å². The van der Waals surface area contributed by atoms with Crippen LogP contribution in [0.4, 0.5) is 5.82 Å². The molecule has 6 nitrogen and oxygen atoms in total. The van der Waals surface area contributed by atoms with Crippen LogP contribution in [-0.2, 0) is 11.3 Å². The number of aromatic nitrogens is 4. The lowest BCUT2D eigenvalue weighted by Gasteiger charge is -2.06. The first-order valence-electron chi connectivity index (χ1n) is 6.05. The molecule has 0 aliphatic carbocycles. The number of nitrogens with two attached hydrogens (primary N) is 1. The second kappa shape index (κ2) is 4.74. The smallest absolute Gasteiger partial charge is 0.159 e. The molecular formula is C13H15N5O. The SMILES string of the molecule is COCCn1c(-c2cc(N)n[nH]2)nc2ccccc21. The van der Waals surface area contributed by atoms with Gasteiger partial charge in [-0.3, -0.25) is 5.10 Å². The second-order valence-electron chi connectivity index (χ2n) is 4.28. The molecule has 0 saturated carbocycles. The van der Waals surface area contributed by atoms with Crippen molar-refractivity contribution in [1.82, 2.24) is 19.7 Å². The van der Waals surface area contributed by atoms with E-state index in [2.05, 4.69) is 19.7 Å². The fraction of sp³-hybridized carbons (Fsp3) is 0.231. The highest BCUT2D eigenvalue weighted by Crippen LogP contribution is 2.24.